The number of ether oxygens (including phenoxy) is 3. The average molecular weight is 254 g/mol. The van der Waals surface area contributed by atoms with Crippen molar-refractivity contribution in [1.82, 2.24) is 0 Å². The Labute approximate surface area is 106 Å². The standard InChI is InChI=1S/C12H18N2O4/c1-16-6-7-17-8-9-18-12(15)14-11-4-2-10(13)3-5-11/h2-5H,6-9,13H2,1H3,(H,14,15). The van der Waals surface area contributed by atoms with Crippen molar-refractivity contribution in [1.29, 1.82) is 0 Å². The third-order valence-corrected chi connectivity index (χ3v) is 2.05. The zero-order chi connectivity index (χ0) is 13.2. The molecule has 0 spiro atoms. The summed E-state index contributed by atoms with van der Waals surface area (Å²) < 4.78 is 14.9. The van der Waals surface area contributed by atoms with E-state index in [4.69, 9.17) is 19.9 Å². The fourth-order valence-electron chi connectivity index (χ4n) is 1.16. The minimum Gasteiger partial charge on any atom is -0.447 e. The zero-order valence-electron chi connectivity index (χ0n) is 10.3. The molecule has 18 heavy (non-hydrogen) atoms. The largest absolute Gasteiger partial charge is 0.447 e. The molecule has 1 aromatic rings. The summed E-state index contributed by atoms with van der Waals surface area (Å²) >= 11 is 0. The Balaban J connectivity index is 2.12. The van der Waals surface area contributed by atoms with Crippen molar-refractivity contribution in [3.05, 3.63) is 24.3 Å². The molecule has 3 N–H and O–H groups in total. The average Bonchev–Trinajstić information content (AvgIpc) is 2.36. The molecule has 6 nitrogen and oxygen atoms in total. The van der Waals surface area contributed by atoms with Gasteiger partial charge in [0.05, 0.1) is 19.8 Å². The van der Waals surface area contributed by atoms with Gasteiger partial charge in [0, 0.05) is 18.5 Å². The Morgan fingerprint density at radius 1 is 1.17 bits per heavy atom. The Morgan fingerprint density at radius 2 is 1.83 bits per heavy atom. The molecule has 0 fully saturated rings. The second-order valence-corrected chi connectivity index (χ2v) is 3.49. The fourth-order valence-corrected chi connectivity index (χ4v) is 1.16. The summed E-state index contributed by atoms with van der Waals surface area (Å²) in [5, 5.41) is 2.57. The molecule has 0 radical (unpaired) electrons. The second kappa shape index (κ2) is 8.32. The molecule has 0 aromatic heterocycles. The van der Waals surface area contributed by atoms with Crippen molar-refractivity contribution in [2.45, 2.75) is 0 Å². The van der Waals surface area contributed by atoms with Gasteiger partial charge < -0.3 is 19.9 Å². The van der Waals surface area contributed by atoms with Gasteiger partial charge in [-0.3, -0.25) is 5.32 Å². The summed E-state index contributed by atoms with van der Waals surface area (Å²) in [4.78, 5) is 11.3. The summed E-state index contributed by atoms with van der Waals surface area (Å²) in [6.07, 6.45) is -0.518. The molecule has 1 aromatic carbocycles. The van der Waals surface area contributed by atoms with Gasteiger partial charge in [-0.25, -0.2) is 4.79 Å². The molecule has 0 aliphatic carbocycles. The van der Waals surface area contributed by atoms with Gasteiger partial charge in [-0.2, -0.15) is 0 Å². The monoisotopic (exact) mass is 254 g/mol. The van der Waals surface area contributed by atoms with Crippen molar-refractivity contribution < 1.29 is 19.0 Å². The van der Waals surface area contributed by atoms with E-state index in [-0.39, 0.29) is 6.61 Å². The van der Waals surface area contributed by atoms with Crippen LogP contribution in [0.15, 0.2) is 24.3 Å². The zero-order valence-corrected chi connectivity index (χ0v) is 10.3. The SMILES string of the molecule is COCCOCCOC(=O)Nc1ccc(N)cc1. The van der Waals surface area contributed by atoms with Crippen LogP contribution < -0.4 is 11.1 Å². The van der Waals surface area contributed by atoms with Gasteiger partial charge in [-0.15, -0.1) is 0 Å². The Kier molecular flexibility index (Phi) is 6.60. The van der Waals surface area contributed by atoms with Crippen LogP contribution in [0.4, 0.5) is 16.2 Å². The van der Waals surface area contributed by atoms with E-state index in [1.54, 1.807) is 31.4 Å². The number of anilines is 2. The summed E-state index contributed by atoms with van der Waals surface area (Å²) in [6, 6.07) is 6.80. The Morgan fingerprint density at radius 3 is 2.50 bits per heavy atom. The van der Waals surface area contributed by atoms with Gasteiger partial charge in [0.15, 0.2) is 0 Å². The van der Waals surface area contributed by atoms with Crippen molar-refractivity contribution in [2.24, 2.45) is 0 Å². The molecule has 6 heteroatoms. The van der Waals surface area contributed by atoms with Crippen LogP contribution >= 0.6 is 0 Å². The highest BCUT2D eigenvalue weighted by atomic mass is 16.6. The van der Waals surface area contributed by atoms with Crippen molar-refractivity contribution >= 4 is 17.5 Å². The number of carbonyl (C=O) groups is 1. The van der Waals surface area contributed by atoms with Gasteiger partial charge in [-0.1, -0.05) is 0 Å². The Bertz CT molecular complexity index is 354. The molecule has 0 heterocycles. The van der Waals surface area contributed by atoms with Gasteiger partial charge in [0.2, 0.25) is 0 Å². The van der Waals surface area contributed by atoms with Crippen LogP contribution in [0.5, 0.6) is 0 Å². The highest BCUT2D eigenvalue weighted by molar-refractivity contribution is 5.84. The number of amides is 1. The number of hydrogen-bond acceptors (Lipinski definition) is 5. The number of carbonyl (C=O) groups excluding carboxylic acids is 1. The van der Waals surface area contributed by atoms with E-state index < -0.39 is 6.09 Å². The lowest BCUT2D eigenvalue weighted by Crippen LogP contribution is -2.17. The van der Waals surface area contributed by atoms with Crippen molar-refractivity contribution in [3.63, 3.8) is 0 Å². The predicted molar refractivity (Wildman–Crippen MR) is 68.5 cm³/mol. The van der Waals surface area contributed by atoms with Crippen LogP contribution in [-0.2, 0) is 14.2 Å². The molecular weight excluding hydrogens is 236 g/mol. The second-order valence-electron chi connectivity index (χ2n) is 3.49. The van der Waals surface area contributed by atoms with E-state index in [0.717, 1.165) is 0 Å². The first-order valence-corrected chi connectivity index (χ1v) is 5.58. The number of nitrogens with one attached hydrogen (secondary N) is 1. The molecule has 0 unspecified atom stereocenters. The van der Waals surface area contributed by atoms with E-state index in [9.17, 15) is 4.79 Å². The van der Waals surface area contributed by atoms with E-state index in [2.05, 4.69) is 5.32 Å². The predicted octanol–water partition coefficient (Wildman–Crippen LogP) is 1.48. The summed E-state index contributed by atoms with van der Waals surface area (Å²) in [6.45, 7) is 1.56. The lowest BCUT2D eigenvalue weighted by Gasteiger charge is -2.07. The van der Waals surface area contributed by atoms with E-state index >= 15 is 0 Å². The van der Waals surface area contributed by atoms with Crippen molar-refractivity contribution in [2.75, 3.05) is 44.6 Å². The molecule has 0 aliphatic heterocycles. The maximum Gasteiger partial charge on any atom is 0.411 e. The molecule has 0 atom stereocenters. The third-order valence-electron chi connectivity index (χ3n) is 2.05. The quantitative estimate of drug-likeness (QED) is 0.569. The maximum absolute atomic E-state index is 11.3. The summed E-state index contributed by atoms with van der Waals surface area (Å²) in [5.41, 5.74) is 6.80. The van der Waals surface area contributed by atoms with Crippen LogP contribution in [0.3, 0.4) is 0 Å². The van der Waals surface area contributed by atoms with Crippen LogP contribution in [0.2, 0.25) is 0 Å². The number of hydrogen-bond donors (Lipinski definition) is 2. The first-order valence-electron chi connectivity index (χ1n) is 5.58. The number of nitrogens with two attached hydrogens (primary N) is 1. The molecule has 0 saturated heterocycles. The number of nitrogen functional groups attached to an aromatic ring is 1. The maximum atomic E-state index is 11.3. The minimum absolute atomic E-state index is 0.199. The lowest BCUT2D eigenvalue weighted by atomic mass is 10.3. The molecule has 0 aliphatic rings. The van der Waals surface area contributed by atoms with Gasteiger partial charge >= 0.3 is 6.09 Å². The highest BCUT2D eigenvalue weighted by Gasteiger charge is 2.02. The summed E-state index contributed by atoms with van der Waals surface area (Å²) in [5.74, 6) is 0. The summed E-state index contributed by atoms with van der Waals surface area (Å²) in [7, 11) is 1.60. The molecule has 1 amide bonds. The smallest absolute Gasteiger partial charge is 0.411 e. The normalized spacial score (nSPS) is 10.1. The molecule has 100 valence electrons. The first kappa shape index (κ1) is 14.3. The third kappa shape index (κ3) is 6.07. The van der Waals surface area contributed by atoms with Gasteiger partial charge in [-0.05, 0) is 24.3 Å². The Hall–Kier alpha value is -1.79. The lowest BCUT2D eigenvalue weighted by molar-refractivity contribution is 0.0447. The molecule has 0 saturated carbocycles. The van der Waals surface area contributed by atoms with Crippen LogP contribution in [0.25, 0.3) is 0 Å². The highest BCUT2D eigenvalue weighted by Crippen LogP contribution is 2.10. The van der Waals surface area contributed by atoms with Crippen LogP contribution in [-0.4, -0.2) is 39.6 Å². The van der Waals surface area contributed by atoms with Gasteiger partial charge in [0.1, 0.15) is 6.61 Å². The van der Waals surface area contributed by atoms with E-state index in [0.29, 0.717) is 31.2 Å². The molecule has 1 rings (SSSR count). The van der Waals surface area contributed by atoms with Crippen LogP contribution in [0, 0.1) is 0 Å². The minimum atomic E-state index is -0.518. The van der Waals surface area contributed by atoms with Crippen molar-refractivity contribution in [3.8, 4) is 0 Å². The number of methoxy groups -OCH3 is 1. The molecular formula is C12H18N2O4. The number of rotatable bonds is 7. The van der Waals surface area contributed by atoms with Gasteiger partial charge in [0.25, 0.3) is 0 Å². The van der Waals surface area contributed by atoms with E-state index in [1.807, 2.05) is 0 Å². The molecule has 0 bridgehead atoms. The van der Waals surface area contributed by atoms with Crippen LogP contribution in [0.1, 0.15) is 0 Å². The topological polar surface area (TPSA) is 82.8 Å². The fraction of sp³-hybridized carbons (Fsp3) is 0.417. The van der Waals surface area contributed by atoms with E-state index in [1.165, 1.54) is 0 Å². The first-order chi connectivity index (χ1) is 8.72. The number of benzene rings is 1.